The first-order valence-corrected chi connectivity index (χ1v) is 22.8. The van der Waals surface area contributed by atoms with Gasteiger partial charge in [-0.1, -0.05) is 74.2 Å². The third-order valence-electron chi connectivity index (χ3n) is 11.3. The van der Waals surface area contributed by atoms with Crippen molar-refractivity contribution in [2.24, 2.45) is 10.8 Å². The molecule has 4 N–H and O–H groups in total. The molecule has 0 bridgehead atoms. The minimum atomic E-state index is -4.85. The first kappa shape index (κ1) is 47.1. The Labute approximate surface area is 354 Å². The van der Waals surface area contributed by atoms with Gasteiger partial charge in [-0.2, -0.15) is 0 Å². The number of hydrogen-bond acceptors (Lipinski definition) is 8. The van der Waals surface area contributed by atoms with Crippen LogP contribution >= 0.6 is 0 Å². The molecule has 0 unspecified atom stereocenters. The van der Waals surface area contributed by atoms with Crippen LogP contribution in [0.25, 0.3) is 0 Å². The minimum absolute atomic E-state index is 0.00703. The molecule has 17 heteroatoms. The van der Waals surface area contributed by atoms with Crippen molar-refractivity contribution >= 4 is 32.0 Å². The molecule has 4 aromatic rings. The average Bonchev–Trinajstić information content (AvgIpc) is 3.88. The normalized spacial score (nSPS) is 16.0. The first-order chi connectivity index (χ1) is 28.8. The SMILES string of the molecule is COc1ccc(S(=O)(=O)NCC2(Cc3ccc(CC(=O)O)cc3)CCCC2)cc1.O=C(O)Cc1ccc(CC2(CNS(=O)(=O)c3ccc(OC(F)(F)F)cc3)CCCC2)cc1. The van der Waals surface area contributed by atoms with E-state index in [1.165, 1.54) is 0 Å². The van der Waals surface area contributed by atoms with Gasteiger partial charge in [0.05, 0.1) is 29.7 Å². The fourth-order valence-corrected chi connectivity index (χ4v) is 10.4. The number of halogens is 3. The van der Waals surface area contributed by atoms with E-state index in [0.717, 1.165) is 98.7 Å². The van der Waals surface area contributed by atoms with Gasteiger partial charge in [-0.3, -0.25) is 9.59 Å². The smallest absolute Gasteiger partial charge is 0.497 e. The van der Waals surface area contributed by atoms with Crippen molar-refractivity contribution in [3.8, 4) is 11.5 Å². The number of rotatable bonds is 18. The Balaban J connectivity index is 0.000000232. The molecular weight excluding hydrogens is 838 g/mol. The number of hydrogen-bond donors (Lipinski definition) is 4. The summed E-state index contributed by atoms with van der Waals surface area (Å²) in [4.78, 5) is 21.8. The topological polar surface area (TPSA) is 185 Å². The average molecular weight is 889 g/mol. The Hall–Kier alpha value is -4.97. The van der Waals surface area contributed by atoms with E-state index in [2.05, 4.69) is 14.2 Å². The number of methoxy groups -OCH3 is 1. The zero-order chi connectivity index (χ0) is 44.3. The van der Waals surface area contributed by atoms with E-state index >= 15 is 0 Å². The molecule has 0 saturated heterocycles. The van der Waals surface area contributed by atoms with Crippen molar-refractivity contribution in [1.29, 1.82) is 0 Å². The summed E-state index contributed by atoms with van der Waals surface area (Å²) in [6, 6.07) is 25.3. The van der Waals surface area contributed by atoms with Gasteiger partial charge in [-0.15, -0.1) is 13.2 Å². The molecule has 0 spiro atoms. The first-order valence-electron chi connectivity index (χ1n) is 19.9. The number of ether oxygens (including phenoxy) is 2. The van der Waals surface area contributed by atoms with Crippen molar-refractivity contribution < 1.29 is 59.3 Å². The van der Waals surface area contributed by atoms with Gasteiger partial charge in [0, 0.05) is 13.1 Å². The van der Waals surface area contributed by atoms with Crippen LogP contribution in [0.5, 0.6) is 11.5 Å². The van der Waals surface area contributed by atoms with Crippen LogP contribution in [0.1, 0.15) is 73.6 Å². The quantitative estimate of drug-likeness (QED) is 0.0772. The van der Waals surface area contributed by atoms with Crippen LogP contribution in [0, 0.1) is 10.8 Å². The highest BCUT2D eigenvalue weighted by molar-refractivity contribution is 7.89. The second kappa shape index (κ2) is 20.3. The molecule has 2 fully saturated rings. The molecular formula is C44H51F3N2O10S2. The highest BCUT2D eigenvalue weighted by Crippen LogP contribution is 2.42. The number of carboxylic acids is 2. The van der Waals surface area contributed by atoms with Gasteiger partial charge < -0.3 is 19.7 Å². The fourth-order valence-electron chi connectivity index (χ4n) is 8.09. The summed E-state index contributed by atoms with van der Waals surface area (Å²) in [5.41, 5.74) is 3.16. The van der Waals surface area contributed by atoms with Crippen LogP contribution in [0.2, 0.25) is 0 Å². The Bertz CT molecular complexity index is 2290. The summed E-state index contributed by atoms with van der Waals surface area (Å²) < 4.78 is 102. The Morgan fingerprint density at radius 3 is 1.21 bits per heavy atom. The number of aliphatic carboxylic acids is 2. The summed E-state index contributed by atoms with van der Waals surface area (Å²) in [6.07, 6.45) is 4.24. The lowest BCUT2D eigenvalue weighted by Crippen LogP contribution is -2.37. The number of nitrogens with one attached hydrogen (secondary N) is 2. The third-order valence-corrected chi connectivity index (χ3v) is 14.1. The van der Waals surface area contributed by atoms with Gasteiger partial charge in [0.1, 0.15) is 11.5 Å². The summed E-state index contributed by atoms with van der Waals surface area (Å²) in [5, 5.41) is 17.8. The molecule has 0 amide bonds. The van der Waals surface area contributed by atoms with E-state index < -0.39 is 44.1 Å². The largest absolute Gasteiger partial charge is 0.573 e. The zero-order valence-corrected chi connectivity index (χ0v) is 35.4. The van der Waals surface area contributed by atoms with Crippen LogP contribution in [0.15, 0.2) is 107 Å². The van der Waals surface area contributed by atoms with E-state index in [-0.39, 0.29) is 40.0 Å². The molecule has 6 rings (SSSR count). The number of benzene rings is 4. The number of alkyl halides is 3. The van der Waals surface area contributed by atoms with Gasteiger partial charge in [-0.25, -0.2) is 26.3 Å². The lowest BCUT2D eigenvalue weighted by Gasteiger charge is -2.29. The van der Waals surface area contributed by atoms with Crippen LogP contribution in [0.4, 0.5) is 13.2 Å². The second-order valence-corrected chi connectivity index (χ2v) is 19.4. The van der Waals surface area contributed by atoms with E-state index in [1.54, 1.807) is 43.5 Å². The van der Waals surface area contributed by atoms with Gasteiger partial charge in [0.2, 0.25) is 20.0 Å². The molecule has 12 nitrogen and oxygen atoms in total. The maximum Gasteiger partial charge on any atom is 0.573 e. The van der Waals surface area contributed by atoms with Crippen molar-refractivity contribution in [3.05, 3.63) is 119 Å². The summed E-state index contributed by atoms with van der Waals surface area (Å²) in [6.45, 7) is 0.589. The van der Waals surface area contributed by atoms with E-state index in [0.29, 0.717) is 24.3 Å². The molecule has 330 valence electrons. The molecule has 0 atom stereocenters. The van der Waals surface area contributed by atoms with Gasteiger partial charge in [0.25, 0.3) is 0 Å². The fraction of sp³-hybridized carbons (Fsp3) is 0.409. The number of sulfonamides is 2. The van der Waals surface area contributed by atoms with E-state index in [1.807, 2.05) is 36.4 Å². The predicted molar refractivity (Wildman–Crippen MR) is 221 cm³/mol. The molecule has 0 aromatic heterocycles. The van der Waals surface area contributed by atoms with Gasteiger partial charge in [-0.05, 0) is 120 Å². The summed E-state index contributed by atoms with van der Waals surface area (Å²) >= 11 is 0. The van der Waals surface area contributed by atoms with Gasteiger partial charge >= 0.3 is 18.3 Å². The molecule has 0 heterocycles. The predicted octanol–water partition coefficient (Wildman–Crippen LogP) is 7.70. The maximum atomic E-state index is 12.7. The molecule has 0 radical (unpaired) electrons. The van der Waals surface area contributed by atoms with Crippen LogP contribution < -0.4 is 18.9 Å². The second-order valence-electron chi connectivity index (χ2n) is 15.9. The molecule has 4 aromatic carbocycles. The maximum absolute atomic E-state index is 12.7. The van der Waals surface area contributed by atoms with Crippen LogP contribution in [-0.2, 0) is 55.3 Å². The highest BCUT2D eigenvalue weighted by atomic mass is 32.2. The molecule has 0 aliphatic heterocycles. The highest BCUT2D eigenvalue weighted by Gasteiger charge is 2.37. The lowest BCUT2D eigenvalue weighted by molar-refractivity contribution is -0.274. The zero-order valence-electron chi connectivity index (χ0n) is 33.7. The summed E-state index contributed by atoms with van der Waals surface area (Å²) in [7, 11) is -5.96. The Morgan fingerprint density at radius 1 is 0.574 bits per heavy atom. The molecule has 2 aliphatic rings. The van der Waals surface area contributed by atoms with Crippen molar-refractivity contribution in [1.82, 2.24) is 9.44 Å². The Kier molecular flexibility index (Phi) is 15.6. The summed E-state index contributed by atoms with van der Waals surface area (Å²) in [5.74, 6) is -1.63. The van der Waals surface area contributed by atoms with E-state index in [9.17, 15) is 39.6 Å². The number of carboxylic acid groups (broad SMARTS) is 2. The monoisotopic (exact) mass is 888 g/mol. The standard InChI is InChI=1S/C22H24F3NO5S.C22H27NO5S/c23-22(24,25)31-18-7-9-19(10-8-18)32(29,30)26-15-21(11-1-2-12-21)14-17-5-3-16(4-6-17)13-20(27)28;1-28-19-8-10-20(11-9-19)29(26,27)23-16-22(12-2-3-13-22)15-18-6-4-17(5-7-18)14-21(24)25/h3-10,26H,1-2,11-15H2,(H,27,28);4-11,23H,2-3,12-16H2,1H3,(H,24,25). The molecule has 2 aliphatic carbocycles. The van der Waals surface area contributed by atoms with Crippen molar-refractivity contribution in [2.75, 3.05) is 20.2 Å². The molecule has 2 saturated carbocycles. The van der Waals surface area contributed by atoms with Crippen molar-refractivity contribution in [2.45, 2.75) is 93.2 Å². The van der Waals surface area contributed by atoms with Crippen molar-refractivity contribution in [3.63, 3.8) is 0 Å². The lowest BCUT2D eigenvalue weighted by atomic mass is 9.80. The third kappa shape index (κ3) is 14.3. The number of carbonyl (C=O) groups is 2. The van der Waals surface area contributed by atoms with E-state index in [4.69, 9.17) is 14.9 Å². The Morgan fingerprint density at radius 2 is 0.902 bits per heavy atom. The van der Waals surface area contributed by atoms with Crippen LogP contribution in [-0.4, -0.2) is 65.5 Å². The minimum Gasteiger partial charge on any atom is -0.497 e. The van der Waals surface area contributed by atoms with Gasteiger partial charge in [0.15, 0.2) is 0 Å². The molecule has 61 heavy (non-hydrogen) atoms. The van der Waals surface area contributed by atoms with Crippen LogP contribution in [0.3, 0.4) is 0 Å².